The van der Waals surface area contributed by atoms with Gasteiger partial charge in [0, 0.05) is 19.2 Å². The molecule has 0 aliphatic heterocycles. The van der Waals surface area contributed by atoms with Gasteiger partial charge < -0.3 is 5.32 Å². The van der Waals surface area contributed by atoms with Gasteiger partial charge in [0.1, 0.15) is 5.56 Å². The lowest BCUT2D eigenvalue weighted by Gasteiger charge is -2.07. The van der Waals surface area contributed by atoms with E-state index >= 15 is 0 Å². The standard InChI is InChI=1S/C13H9BrF3N5O5/c1-5-7(21(24)25)3-6(4-8(5)22(26)27)18-12(23)10-9(14)11(13(15,16)17)20(2)19-10/h3-4H,1-2H3,(H,18,23). The second-order valence-electron chi connectivity index (χ2n) is 5.24. The summed E-state index contributed by atoms with van der Waals surface area (Å²) in [7, 11) is 0.978. The summed E-state index contributed by atoms with van der Waals surface area (Å²) in [5.41, 5.74) is -3.69. The summed E-state index contributed by atoms with van der Waals surface area (Å²) in [5.74, 6) is -1.14. The van der Waals surface area contributed by atoms with Crippen LogP contribution in [0, 0.1) is 27.2 Å². The molecule has 0 atom stereocenters. The van der Waals surface area contributed by atoms with Crippen LogP contribution in [0.4, 0.5) is 30.2 Å². The maximum atomic E-state index is 13.0. The maximum Gasteiger partial charge on any atom is 0.434 e. The molecule has 2 rings (SSSR count). The zero-order chi connectivity index (χ0) is 20.7. The molecule has 0 saturated carbocycles. The lowest BCUT2D eigenvalue weighted by molar-refractivity contribution is -0.395. The van der Waals surface area contributed by atoms with Crippen LogP contribution in [0.3, 0.4) is 0 Å². The molecule has 27 heavy (non-hydrogen) atoms. The van der Waals surface area contributed by atoms with Crippen molar-refractivity contribution in [3.8, 4) is 0 Å². The quantitative estimate of drug-likeness (QED) is 0.557. The highest BCUT2D eigenvalue weighted by molar-refractivity contribution is 9.10. The van der Waals surface area contributed by atoms with Crippen LogP contribution >= 0.6 is 15.9 Å². The summed E-state index contributed by atoms with van der Waals surface area (Å²) in [5, 5.41) is 27.6. The Morgan fingerprint density at radius 1 is 1.22 bits per heavy atom. The molecule has 10 nitrogen and oxygen atoms in total. The van der Waals surface area contributed by atoms with Gasteiger partial charge in [-0.3, -0.25) is 29.7 Å². The number of nitro benzene ring substituents is 2. The van der Waals surface area contributed by atoms with Crippen molar-refractivity contribution < 1.29 is 27.8 Å². The molecule has 0 spiro atoms. The van der Waals surface area contributed by atoms with Crippen LogP contribution in [0.1, 0.15) is 21.7 Å². The first-order valence-corrected chi connectivity index (χ1v) is 7.68. The Morgan fingerprint density at radius 3 is 2.07 bits per heavy atom. The van der Waals surface area contributed by atoms with Crippen molar-refractivity contribution in [1.82, 2.24) is 9.78 Å². The highest BCUT2D eigenvalue weighted by Crippen LogP contribution is 2.37. The predicted octanol–water partition coefficient (Wildman–Crippen LogP) is 3.58. The zero-order valence-electron chi connectivity index (χ0n) is 13.5. The van der Waals surface area contributed by atoms with Gasteiger partial charge in [-0.25, -0.2) is 0 Å². The van der Waals surface area contributed by atoms with Crippen molar-refractivity contribution in [2.24, 2.45) is 7.05 Å². The summed E-state index contributed by atoms with van der Waals surface area (Å²) in [6.07, 6.45) is -4.79. The molecule has 2 aromatic rings. The largest absolute Gasteiger partial charge is 0.434 e. The Bertz CT molecular complexity index is 937. The molecule has 1 N–H and O–H groups in total. The number of benzene rings is 1. The molecule has 14 heteroatoms. The van der Waals surface area contributed by atoms with E-state index in [4.69, 9.17) is 0 Å². The molecule has 0 unspecified atom stereocenters. The normalized spacial score (nSPS) is 11.3. The van der Waals surface area contributed by atoms with Gasteiger partial charge in [0.2, 0.25) is 0 Å². The summed E-state index contributed by atoms with van der Waals surface area (Å²) in [6.45, 7) is 1.16. The molecule has 0 saturated heterocycles. The number of nitrogens with one attached hydrogen (secondary N) is 1. The van der Waals surface area contributed by atoms with Crippen LogP contribution < -0.4 is 5.32 Å². The third-order valence-corrected chi connectivity index (χ3v) is 4.23. The first kappa shape index (κ1) is 20.3. The van der Waals surface area contributed by atoms with Crippen molar-refractivity contribution in [2.75, 3.05) is 5.32 Å². The highest BCUT2D eigenvalue weighted by atomic mass is 79.9. The van der Waals surface area contributed by atoms with E-state index in [1.165, 1.54) is 0 Å². The SMILES string of the molecule is Cc1c([N+](=O)[O-])cc(NC(=O)c2nn(C)c(C(F)(F)F)c2Br)cc1[N+](=O)[O-]. The Morgan fingerprint density at radius 2 is 1.70 bits per heavy atom. The van der Waals surface area contributed by atoms with E-state index in [-0.39, 0.29) is 11.3 Å². The Labute approximate surface area is 156 Å². The van der Waals surface area contributed by atoms with Crippen LogP contribution in [-0.2, 0) is 13.2 Å². The number of carbonyl (C=O) groups is 1. The van der Waals surface area contributed by atoms with E-state index in [0.29, 0.717) is 4.68 Å². The smallest absolute Gasteiger partial charge is 0.320 e. The number of carbonyl (C=O) groups excluding carboxylic acids is 1. The topological polar surface area (TPSA) is 133 Å². The van der Waals surface area contributed by atoms with Gasteiger partial charge >= 0.3 is 6.18 Å². The van der Waals surface area contributed by atoms with Gasteiger partial charge in [-0.15, -0.1) is 0 Å². The van der Waals surface area contributed by atoms with Gasteiger partial charge in [-0.05, 0) is 22.9 Å². The molecular formula is C13H9BrF3N5O5. The highest BCUT2D eigenvalue weighted by Gasteiger charge is 2.39. The third kappa shape index (κ3) is 3.89. The number of nitrogens with zero attached hydrogens (tertiary/aromatic N) is 4. The Balaban J connectivity index is 2.48. The third-order valence-electron chi connectivity index (χ3n) is 3.48. The van der Waals surface area contributed by atoms with Crippen molar-refractivity contribution >= 4 is 38.9 Å². The minimum absolute atomic E-state index is 0.235. The summed E-state index contributed by atoms with van der Waals surface area (Å²) in [4.78, 5) is 32.6. The zero-order valence-corrected chi connectivity index (χ0v) is 15.1. The number of aryl methyl sites for hydroxylation is 1. The van der Waals surface area contributed by atoms with Crippen molar-refractivity contribution in [1.29, 1.82) is 0 Å². The monoisotopic (exact) mass is 451 g/mol. The van der Waals surface area contributed by atoms with E-state index in [0.717, 1.165) is 26.1 Å². The molecule has 0 fully saturated rings. The molecule has 1 amide bonds. The average molecular weight is 452 g/mol. The van der Waals surface area contributed by atoms with Gasteiger partial charge in [0.25, 0.3) is 17.3 Å². The Kier molecular flexibility index (Phi) is 5.21. The molecule has 0 bridgehead atoms. The number of anilines is 1. The fourth-order valence-corrected chi connectivity index (χ4v) is 3.02. The number of hydrogen-bond acceptors (Lipinski definition) is 6. The molecule has 1 aromatic carbocycles. The molecule has 1 aromatic heterocycles. The minimum atomic E-state index is -4.79. The lowest BCUT2D eigenvalue weighted by Crippen LogP contribution is -2.14. The van der Waals surface area contributed by atoms with Crippen LogP contribution in [-0.4, -0.2) is 25.5 Å². The fraction of sp³-hybridized carbons (Fsp3) is 0.231. The minimum Gasteiger partial charge on any atom is -0.320 e. The summed E-state index contributed by atoms with van der Waals surface area (Å²) in [6, 6.07) is 1.73. The van der Waals surface area contributed by atoms with E-state index in [9.17, 15) is 38.2 Å². The number of nitro groups is 2. The number of halogens is 4. The van der Waals surface area contributed by atoms with Crippen LogP contribution in [0.5, 0.6) is 0 Å². The van der Waals surface area contributed by atoms with E-state index < -0.39 is 49.2 Å². The molecule has 1 heterocycles. The van der Waals surface area contributed by atoms with Gasteiger partial charge in [0.15, 0.2) is 11.4 Å². The lowest BCUT2D eigenvalue weighted by atomic mass is 10.1. The molecule has 144 valence electrons. The van der Waals surface area contributed by atoms with Gasteiger partial charge in [-0.2, -0.15) is 18.3 Å². The molecular weight excluding hydrogens is 443 g/mol. The van der Waals surface area contributed by atoms with Crippen LogP contribution in [0.25, 0.3) is 0 Å². The summed E-state index contributed by atoms with van der Waals surface area (Å²) >= 11 is 2.66. The van der Waals surface area contributed by atoms with Crippen LogP contribution in [0.15, 0.2) is 16.6 Å². The fourth-order valence-electron chi connectivity index (χ4n) is 2.28. The van der Waals surface area contributed by atoms with Gasteiger partial charge in [-0.1, -0.05) is 0 Å². The number of alkyl halides is 3. The Hall–Kier alpha value is -3.03. The van der Waals surface area contributed by atoms with Gasteiger partial charge in [0.05, 0.1) is 20.0 Å². The number of amides is 1. The molecule has 0 aliphatic rings. The predicted molar refractivity (Wildman–Crippen MR) is 88.4 cm³/mol. The van der Waals surface area contributed by atoms with E-state index in [2.05, 4.69) is 26.3 Å². The molecule has 0 radical (unpaired) electrons. The second-order valence-corrected chi connectivity index (χ2v) is 6.03. The summed E-state index contributed by atoms with van der Waals surface area (Å²) < 4.78 is 38.7. The van der Waals surface area contributed by atoms with Crippen molar-refractivity contribution in [3.63, 3.8) is 0 Å². The van der Waals surface area contributed by atoms with E-state index in [1.54, 1.807) is 0 Å². The number of aromatic nitrogens is 2. The average Bonchev–Trinajstić information content (AvgIpc) is 2.82. The molecule has 0 aliphatic carbocycles. The van der Waals surface area contributed by atoms with Crippen molar-refractivity contribution in [3.05, 3.63) is 53.8 Å². The van der Waals surface area contributed by atoms with Crippen LogP contribution in [0.2, 0.25) is 0 Å². The number of rotatable bonds is 4. The van der Waals surface area contributed by atoms with Crippen molar-refractivity contribution in [2.45, 2.75) is 13.1 Å². The first-order chi connectivity index (χ1) is 12.3. The second kappa shape index (κ2) is 6.94. The number of hydrogen-bond donors (Lipinski definition) is 1. The maximum absolute atomic E-state index is 13.0. The van der Waals surface area contributed by atoms with E-state index in [1.807, 2.05) is 0 Å². The first-order valence-electron chi connectivity index (χ1n) is 6.89.